The number of halogens is 1. The van der Waals surface area contributed by atoms with Gasteiger partial charge in [-0.2, -0.15) is 5.10 Å². The largest absolute Gasteiger partial charge is 0.364 e. The Bertz CT molecular complexity index is 1050. The molecule has 8 nitrogen and oxygen atoms in total. The number of hydrogen-bond acceptors (Lipinski definition) is 4. The van der Waals surface area contributed by atoms with Gasteiger partial charge in [-0.15, -0.1) is 0 Å². The summed E-state index contributed by atoms with van der Waals surface area (Å²) in [6.45, 7) is 1.90. The summed E-state index contributed by atoms with van der Waals surface area (Å²) < 4.78 is 2.36. The number of benzene rings is 1. The van der Waals surface area contributed by atoms with Gasteiger partial charge in [-0.1, -0.05) is 22.0 Å². The number of aryl methyl sites for hydroxylation is 1. The number of rotatable bonds is 5. The lowest BCUT2D eigenvalue weighted by Crippen LogP contribution is -2.23. The third-order valence-corrected chi connectivity index (χ3v) is 5.00. The van der Waals surface area contributed by atoms with Gasteiger partial charge in [0, 0.05) is 22.2 Å². The van der Waals surface area contributed by atoms with Gasteiger partial charge in [-0.3, -0.25) is 19.3 Å². The molecule has 0 atom stereocenters. The van der Waals surface area contributed by atoms with Crippen LogP contribution in [0.3, 0.4) is 0 Å². The van der Waals surface area contributed by atoms with Crippen molar-refractivity contribution >= 4 is 33.6 Å². The number of imidazole rings is 1. The van der Waals surface area contributed by atoms with Gasteiger partial charge in [0.25, 0.3) is 11.8 Å². The van der Waals surface area contributed by atoms with Gasteiger partial charge >= 0.3 is 0 Å². The number of nitrogens with zero attached hydrogens (tertiary/aromatic N) is 3. The van der Waals surface area contributed by atoms with Gasteiger partial charge in [0.2, 0.25) is 0 Å². The second kappa shape index (κ2) is 6.66. The summed E-state index contributed by atoms with van der Waals surface area (Å²) in [7, 11) is 0. The number of carbonyl (C=O) groups excluding carboxylic acids is 2. The number of nitrogens with two attached hydrogens (primary N) is 1. The van der Waals surface area contributed by atoms with Crippen LogP contribution in [-0.2, 0) is 0 Å². The van der Waals surface area contributed by atoms with Crippen LogP contribution in [0, 0.1) is 6.92 Å². The first-order chi connectivity index (χ1) is 12.9. The van der Waals surface area contributed by atoms with E-state index in [0.29, 0.717) is 17.4 Å². The summed E-state index contributed by atoms with van der Waals surface area (Å²) in [5.74, 6) is -0.393. The molecule has 0 aliphatic heterocycles. The molecule has 0 spiro atoms. The Morgan fingerprint density at radius 1 is 1.33 bits per heavy atom. The van der Waals surface area contributed by atoms with Crippen LogP contribution in [0.1, 0.15) is 51.0 Å². The number of hydrogen-bond donors (Lipinski definition) is 3. The molecule has 4 rings (SSSR count). The van der Waals surface area contributed by atoms with Crippen molar-refractivity contribution in [2.45, 2.75) is 25.7 Å². The molecule has 0 unspecified atom stereocenters. The van der Waals surface area contributed by atoms with Crippen LogP contribution in [0.5, 0.6) is 0 Å². The highest BCUT2D eigenvalue weighted by Gasteiger charge is 2.27. The molecule has 0 saturated heterocycles. The normalized spacial score (nSPS) is 13.6. The lowest BCUT2D eigenvalue weighted by atomic mass is 10.2. The van der Waals surface area contributed by atoms with Crippen LogP contribution in [0.2, 0.25) is 0 Å². The van der Waals surface area contributed by atoms with E-state index in [1.54, 1.807) is 6.07 Å². The molecule has 2 heterocycles. The molecule has 0 radical (unpaired) electrons. The number of aromatic nitrogens is 4. The predicted molar refractivity (Wildman–Crippen MR) is 103 cm³/mol. The smallest absolute Gasteiger partial charge is 0.277 e. The van der Waals surface area contributed by atoms with Gasteiger partial charge in [0.05, 0.1) is 5.69 Å². The number of amides is 2. The average molecular weight is 429 g/mol. The highest BCUT2D eigenvalue weighted by Crippen LogP contribution is 2.39. The van der Waals surface area contributed by atoms with E-state index < -0.39 is 11.8 Å². The maximum Gasteiger partial charge on any atom is 0.277 e. The number of H-pyrrole nitrogens is 1. The van der Waals surface area contributed by atoms with Crippen LogP contribution in [-0.4, -0.2) is 31.6 Å². The molecule has 1 fully saturated rings. The molecule has 1 aromatic carbocycles. The van der Waals surface area contributed by atoms with Crippen molar-refractivity contribution in [3.63, 3.8) is 0 Å². The van der Waals surface area contributed by atoms with Gasteiger partial charge in [0.15, 0.2) is 11.5 Å². The lowest BCUT2D eigenvalue weighted by Gasteiger charge is -2.10. The van der Waals surface area contributed by atoms with E-state index in [2.05, 4.69) is 36.4 Å². The number of carbonyl (C=O) groups is 2. The molecule has 27 heavy (non-hydrogen) atoms. The monoisotopic (exact) mass is 428 g/mol. The molecule has 1 saturated carbocycles. The third-order valence-electron chi connectivity index (χ3n) is 4.50. The van der Waals surface area contributed by atoms with Crippen molar-refractivity contribution in [1.29, 1.82) is 0 Å². The molecule has 3 aromatic rings. The molecule has 9 heteroatoms. The first-order valence-corrected chi connectivity index (χ1v) is 9.23. The number of primary amides is 1. The summed E-state index contributed by atoms with van der Waals surface area (Å²) in [5, 5.41) is 9.69. The SMILES string of the molecule is Cc1ccc(Br)cc1-n1cnc(C(=O)Nc2cc(C3CC3)[nH]n2)c1C(N)=O. The highest BCUT2D eigenvalue weighted by atomic mass is 79.9. The predicted octanol–water partition coefficient (Wildman–Crippen LogP) is 2.89. The van der Waals surface area contributed by atoms with Crippen molar-refractivity contribution in [2.75, 3.05) is 5.32 Å². The summed E-state index contributed by atoms with van der Waals surface area (Å²) in [4.78, 5) is 28.9. The first-order valence-electron chi connectivity index (χ1n) is 8.44. The topological polar surface area (TPSA) is 119 Å². The Morgan fingerprint density at radius 2 is 2.11 bits per heavy atom. The minimum Gasteiger partial charge on any atom is -0.364 e. The number of aromatic amines is 1. The van der Waals surface area contributed by atoms with Gasteiger partial charge < -0.3 is 11.1 Å². The van der Waals surface area contributed by atoms with Crippen molar-refractivity contribution in [3.05, 3.63) is 57.7 Å². The Morgan fingerprint density at radius 3 is 2.81 bits per heavy atom. The Balaban J connectivity index is 1.68. The minimum absolute atomic E-state index is 0.0200. The molecule has 4 N–H and O–H groups in total. The standard InChI is InChI=1S/C18H17BrN6O2/c1-9-2-5-11(19)6-13(9)25-8-21-15(16(25)17(20)26)18(27)22-14-7-12(23-24-14)10-3-4-10/h2,5-8,10H,3-4H2,1H3,(H2,20,26)(H2,22,23,24,27). The van der Waals surface area contributed by atoms with E-state index in [1.807, 2.05) is 25.1 Å². The second-order valence-corrected chi connectivity index (χ2v) is 7.46. The van der Waals surface area contributed by atoms with Crippen LogP contribution < -0.4 is 11.1 Å². The van der Waals surface area contributed by atoms with E-state index in [0.717, 1.165) is 28.6 Å². The summed E-state index contributed by atoms with van der Waals surface area (Å²) >= 11 is 3.41. The zero-order valence-corrected chi connectivity index (χ0v) is 16.1. The van der Waals surface area contributed by atoms with Crippen LogP contribution in [0.4, 0.5) is 5.82 Å². The maximum absolute atomic E-state index is 12.7. The van der Waals surface area contributed by atoms with Crippen molar-refractivity contribution in [3.8, 4) is 5.69 Å². The molecular formula is C18H17BrN6O2. The highest BCUT2D eigenvalue weighted by molar-refractivity contribution is 9.10. The molecule has 2 aromatic heterocycles. The minimum atomic E-state index is -0.738. The Hall–Kier alpha value is -2.94. The number of nitrogens with one attached hydrogen (secondary N) is 2. The van der Waals surface area contributed by atoms with Crippen molar-refractivity contribution < 1.29 is 9.59 Å². The van der Waals surface area contributed by atoms with E-state index >= 15 is 0 Å². The Kier molecular flexibility index (Phi) is 4.31. The molecular weight excluding hydrogens is 412 g/mol. The number of anilines is 1. The fraction of sp³-hybridized carbons (Fsp3) is 0.222. The van der Waals surface area contributed by atoms with Gasteiger partial charge in [-0.05, 0) is 37.5 Å². The quantitative estimate of drug-likeness (QED) is 0.578. The zero-order valence-electron chi connectivity index (χ0n) is 14.5. The van der Waals surface area contributed by atoms with Gasteiger partial charge in [0.1, 0.15) is 12.0 Å². The first kappa shape index (κ1) is 17.5. The fourth-order valence-electron chi connectivity index (χ4n) is 2.95. The third kappa shape index (κ3) is 3.37. The van der Waals surface area contributed by atoms with E-state index in [9.17, 15) is 9.59 Å². The van der Waals surface area contributed by atoms with Crippen LogP contribution in [0.15, 0.2) is 35.1 Å². The van der Waals surface area contributed by atoms with E-state index in [-0.39, 0.29) is 11.4 Å². The Labute approximate surface area is 163 Å². The molecule has 138 valence electrons. The van der Waals surface area contributed by atoms with E-state index in [1.165, 1.54) is 10.9 Å². The van der Waals surface area contributed by atoms with Crippen LogP contribution in [0.25, 0.3) is 5.69 Å². The zero-order chi connectivity index (χ0) is 19.1. The van der Waals surface area contributed by atoms with Crippen molar-refractivity contribution in [1.82, 2.24) is 19.7 Å². The fourth-order valence-corrected chi connectivity index (χ4v) is 3.30. The van der Waals surface area contributed by atoms with Crippen LogP contribution >= 0.6 is 15.9 Å². The van der Waals surface area contributed by atoms with Gasteiger partial charge in [-0.25, -0.2) is 4.98 Å². The molecule has 1 aliphatic carbocycles. The molecule has 2 amide bonds. The summed E-state index contributed by atoms with van der Waals surface area (Å²) in [6.07, 6.45) is 3.67. The van der Waals surface area contributed by atoms with Crippen molar-refractivity contribution in [2.24, 2.45) is 5.73 Å². The maximum atomic E-state index is 12.7. The summed E-state index contributed by atoms with van der Waals surface area (Å²) in [6, 6.07) is 7.42. The van der Waals surface area contributed by atoms with E-state index in [4.69, 9.17) is 5.73 Å². The second-order valence-electron chi connectivity index (χ2n) is 6.54. The lowest BCUT2D eigenvalue weighted by molar-refractivity contribution is 0.0970. The molecule has 0 bridgehead atoms. The summed E-state index contributed by atoms with van der Waals surface area (Å²) in [5.41, 5.74) is 8.15. The average Bonchev–Trinajstić information content (AvgIpc) is 3.20. The molecule has 1 aliphatic rings.